The van der Waals surface area contributed by atoms with Gasteiger partial charge >= 0.3 is 6.18 Å². The van der Waals surface area contributed by atoms with Crippen molar-refractivity contribution in [2.45, 2.75) is 63.1 Å². The highest BCUT2D eigenvalue weighted by Gasteiger charge is 2.35. The molecule has 196 valence electrons. The Hall–Kier alpha value is -2.77. The minimum atomic E-state index is -4.40. The van der Waals surface area contributed by atoms with E-state index >= 15 is 0 Å². The smallest absolute Gasteiger partial charge is 0.388 e. The zero-order valence-electron chi connectivity index (χ0n) is 20.8. The second-order valence-electron chi connectivity index (χ2n) is 10.3. The number of alkyl halides is 3. The molecule has 1 heterocycles. The third-order valence-corrected chi connectivity index (χ3v) is 7.76. The molecule has 0 spiro atoms. The van der Waals surface area contributed by atoms with Crippen molar-refractivity contribution in [2.75, 3.05) is 13.7 Å². The van der Waals surface area contributed by atoms with E-state index in [1.807, 2.05) is 0 Å². The van der Waals surface area contributed by atoms with Gasteiger partial charge in [-0.3, -0.25) is 4.98 Å². The second kappa shape index (κ2) is 10.5. The number of ether oxygens (including phenoxy) is 1. The summed E-state index contributed by atoms with van der Waals surface area (Å²) in [5.74, 6) is 0.0276. The summed E-state index contributed by atoms with van der Waals surface area (Å²) in [6.07, 6.45) is 0.619. The van der Waals surface area contributed by atoms with Crippen LogP contribution in [0.1, 0.15) is 77.8 Å². The van der Waals surface area contributed by atoms with E-state index in [0.717, 1.165) is 77.0 Å². The molecule has 0 radical (unpaired) electrons. The van der Waals surface area contributed by atoms with Crippen molar-refractivity contribution in [3.8, 4) is 11.1 Å². The normalized spacial score (nSPS) is 20.3. The molecule has 1 N–H and O–H groups in total. The molecule has 7 heteroatoms. The van der Waals surface area contributed by atoms with Crippen molar-refractivity contribution in [1.29, 1.82) is 0 Å². The van der Waals surface area contributed by atoms with E-state index in [1.165, 1.54) is 24.3 Å². The number of aromatic nitrogens is 1. The minimum absolute atomic E-state index is 0.137. The van der Waals surface area contributed by atoms with Crippen LogP contribution in [0, 0.1) is 11.7 Å². The van der Waals surface area contributed by atoms with Gasteiger partial charge in [0, 0.05) is 36.6 Å². The van der Waals surface area contributed by atoms with Crippen molar-refractivity contribution in [2.24, 2.45) is 5.92 Å². The fraction of sp³-hybridized carbons (Fsp3) is 0.433. The van der Waals surface area contributed by atoms with E-state index in [1.54, 1.807) is 19.2 Å². The summed E-state index contributed by atoms with van der Waals surface area (Å²) in [6, 6.07) is 11.5. The Balaban J connectivity index is 1.69. The predicted octanol–water partition coefficient (Wildman–Crippen LogP) is 7.40. The van der Waals surface area contributed by atoms with E-state index in [4.69, 9.17) is 9.72 Å². The SMILES string of the molecule is COCC1Cc2nc(C3CCCC3)c(Cc3ccc(C(F)(F)F)cc3)c(-c3ccc(F)cc3)c2C(O)C1. The molecule has 2 unspecified atom stereocenters. The molecule has 2 aromatic carbocycles. The monoisotopic (exact) mass is 513 g/mol. The standard InChI is InChI=1S/C30H31F4NO2/c1-37-17-19-15-25-28(26(36)16-19)27(20-8-12-23(31)13-9-20)24(29(35-25)21-4-2-3-5-21)14-18-6-10-22(11-7-18)30(32,33)34/h6-13,19,21,26,36H,2-5,14-17H2,1H3. The van der Waals surface area contributed by atoms with Gasteiger partial charge in [0.2, 0.25) is 0 Å². The third-order valence-electron chi connectivity index (χ3n) is 7.76. The number of fused-ring (bicyclic) bond motifs is 1. The summed E-state index contributed by atoms with van der Waals surface area (Å²) in [6.45, 7) is 0.524. The Morgan fingerprint density at radius 1 is 1.00 bits per heavy atom. The first-order chi connectivity index (χ1) is 17.7. The van der Waals surface area contributed by atoms with Crippen LogP contribution in [0.5, 0.6) is 0 Å². The highest BCUT2D eigenvalue weighted by Crippen LogP contribution is 2.46. The van der Waals surface area contributed by atoms with Crippen LogP contribution < -0.4 is 0 Å². The molecule has 0 bridgehead atoms. The number of nitrogens with zero attached hydrogens (tertiary/aromatic N) is 1. The summed E-state index contributed by atoms with van der Waals surface area (Å²) in [7, 11) is 1.65. The quantitative estimate of drug-likeness (QED) is 0.349. The molecule has 2 atom stereocenters. The molecule has 0 aliphatic heterocycles. The number of pyridine rings is 1. The van der Waals surface area contributed by atoms with Gasteiger partial charge in [-0.2, -0.15) is 13.2 Å². The Labute approximate surface area is 214 Å². The average molecular weight is 514 g/mol. The van der Waals surface area contributed by atoms with Crippen molar-refractivity contribution < 1.29 is 27.4 Å². The van der Waals surface area contributed by atoms with E-state index < -0.39 is 17.8 Å². The van der Waals surface area contributed by atoms with Gasteiger partial charge in [0.1, 0.15) is 5.82 Å². The van der Waals surface area contributed by atoms with Gasteiger partial charge in [0.15, 0.2) is 0 Å². The number of methoxy groups -OCH3 is 1. The zero-order valence-corrected chi connectivity index (χ0v) is 20.8. The van der Waals surface area contributed by atoms with Crippen LogP contribution in [-0.4, -0.2) is 23.8 Å². The molecule has 5 rings (SSSR count). The van der Waals surface area contributed by atoms with Crippen molar-refractivity contribution >= 4 is 0 Å². The largest absolute Gasteiger partial charge is 0.416 e. The number of hydrogen-bond donors (Lipinski definition) is 1. The van der Waals surface area contributed by atoms with Crippen molar-refractivity contribution in [1.82, 2.24) is 4.98 Å². The molecule has 1 fully saturated rings. The molecule has 37 heavy (non-hydrogen) atoms. The first-order valence-corrected chi connectivity index (χ1v) is 12.9. The summed E-state index contributed by atoms with van der Waals surface area (Å²) in [4.78, 5) is 5.17. The lowest BCUT2D eigenvalue weighted by atomic mass is 9.77. The molecule has 0 amide bonds. The summed E-state index contributed by atoms with van der Waals surface area (Å²) < 4.78 is 58.8. The highest BCUT2D eigenvalue weighted by atomic mass is 19.4. The molecule has 2 aliphatic carbocycles. The van der Waals surface area contributed by atoms with E-state index in [2.05, 4.69) is 0 Å². The summed E-state index contributed by atoms with van der Waals surface area (Å²) in [5.41, 5.74) is 5.15. The lowest BCUT2D eigenvalue weighted by Gasteiger charge is -2.33. The van der Waals surface area contributed by atoms with Gasteiger partial charge in [0.25, 0.3) is 0 Å². The van der Waals surface area contributed by atoms with Crippen molar-refractivity contribution in [3.63, 3.8) is 0 Å². The first kappa shape index (κ1) is 25.9. The van der Waals surface area contributed by atoms with Crippen molar-refractivity contribution in [3.05, 3.63) is 88.0 Å². The Bertz CT molecular complexity index is 1230. The van der Waals surface area contributed by atoms with Gasteiger partial charge in [-0.15, -0.1) is 0 Å². The van der Waals surface area contributed by atoms with Gasteiger partial charge in [-0.1, -0.05) is 37.1 Å². The predicted molar refractivity (Wildman–Crippen MR) is 134 cm³/mol. The van der Waals surface area contributed by atoms with E-state index in [0.29, 0.717) is 25.9 Å². The van der Waals surface area contributed by atoms with E-state index in [9.17, 15) is 22.7 Å². The van der Waals surface area contributed by atoms with Crippen LogP contribution in [-0.2, 0) is 23.8 Å². The molecule has 0 saturated heterocycles. The number of halogens is 4. The molecular formula is C30H31F4NO2. The molecule has 3 nitrogen and oxygen atoms in total. The number of rotatable bonds is 6. The number of aliphatic hydroxyl groups is 1. The van der Waals surface area contributed by atoms with Gasteiger partial charge in [-0.05, 0) is 84.5 Å². The lowest BCUT2D eigenvalue weighted by Crippen LogP contribution is -2.26. The molecule has 3 aromatic rings. The molecule has 1 aromatic heterocycles. The van der Waals surface area contributed by atoms with Gasteiger partial charge in [-0.25, -0.2) is 4.39 Å². The van der Waals surface area contributed by atoms with Crippen LogP contribution >= 0.6 is 0 Å². The maximum atomic E-state index is 13.9. The van der Waals surface area contributed by atoms with Crippen LogP contribution in [0.4, 0.5) is 17.6 Å². The lowest BCUT2D eigenvalue weighted by molar-refractivity contribution is -0.137. The maximum absolute atomic E-state index is 13.9. The van der Waals surface area contributed by atoms with Gasteiger partial charge < -0.3 is 9.84 Å². The fourth-order valence-corrected chi connectivity index (χ4v) is 6.05. The molecule has 1 saturated carbocycles. The van der Waals surface area contributed by atoms with Crippen LogP contribution in [0.15, 0.2) is 48.5 Å². The first-order valence-electron chi connectivity index (χ1n) is 12.9. The summed E-state index contributed by atoms with van der Waals surface area (Å²) >= 11 is 0. The fourth-order valence-electron chi connectivity index (χ4n) is 6.05. The number of benzene rings is 2. The van der Waals surface area contributed by atoms with Gasteiger partial charge in [0.05, 0.1) is 11.7 Å². The molecule has 2 aliphatic rings. The van der Waals surface area contributed by atoms with Crippen LogP contribution in [0.25, 0.3) is 11.1 Å². The third kappa shape index (κ3) is 5.43. The maximum Gasteiger partial charge on any atom is 0.416 e. The minimum Gasteiger partial charge on any atom is -0.388 e. The van der Waals surface area contributed by atoms with Crippen LogP contribution in [0.3, 0.4) is 0 Å². The van der Waals surface area contributed by atoms with Crippen LogP contribution in [0.2, 0.25) is 0 Å². The Morgan fingerprint density at radius 2 is 1.68 bits per heavy atom. The Morgan fingerprint density at radius 3 is 2.30 bits per heavy atom. The second-order valence-corrected chi connectivity index (χ2v) is 10.3. The Kier molecular flexibility index (Phi) is 7.37. The topological polar surface area (TPSA) is 42.4 Å². The summed E-state index contributed by atoms with van der Waals surface area (Å²) in [5, 5.41) is 11.3. The number of hydrogen-bond acceptors (Lipinski definition) is 3. The zero-order chi connectivity index (χ0) is 26.2. The average Bonchev–Trinajstić information content (AvgIpc) is 3.39. The molecular weight excluding hydrogens is 482 g/mol. The van der Waals surface area contributed by atoms with E-state index in [-0.39, 0.29) is 17.7 Å². The number of aliphatic hydroxyl groups excluding tert-OH is 1. The highest BCUT2D eigenvalue weighted by molar-refractivity contribution is 5.74.